The largest absolute Gasteiger partial charge is 0.347 e. The number of nitrogens with one attached hydrogen (secondary N) is 2. The number of anilines is 1. The summed E-state index contributed by atoms with van der Waals surface area (Å²) in [7, 11) is 0. The number of likely N-dealkylation sites (tertiary alicyclic amines) is 1. The van der Waals surface area contributed by atoms with Crippen LogP contribution in [0.4, 0.5) is 10.6 Å². The molecule has 1 aromatic carbocycles. The molecular formula is C19H20N6O. The number of carbonyl (C=O) groups is 1. The van der Waals surface area contributed by atoms with Gasteiger partial charge in [-0.15, -0.1) is 10.2 Å². The summed E-state index contributed by atoms with van der Waals surface area (Å²) in [5.74, 6) is 1.27. The molecule has 0 aliphatic carbocycles. The maximum Gasteiger partial charge on any atom is 0.323 e. The first-order chi connectivity index (χ1) is 12.8. The van der Waals surface area contributed by atoms with Gasteiger partial charge in [-0.25, -0.2) is 9.78 Å². The third kappa shape index (κ3) is 3.42. The van der Waals surface area contributed by atoms with Crippen molar-refractivity contribution in [3.63, 3.8) is 0 Å². The highest BCUT2D eigenvalue weighted by molar-refractivity contribution is 5.88. The van der Waals surface area contributed by atoms with Crippen LogP contribution >= 0.6 is 0 Å². The molecule has 26 heavy (non-hydrogen) atoms. The van der Waals surface area contributed by atoms with E-state index in [0.29, 0.717) is 12.4 Å². The van der Waals surface area contributed by atoms with E-state index in [4.69, 9.17) is 0 Å². The zero-order valence-electron chi connectivity index (χ0n) is 14.3. The zero-order chi connectivity index (χ0) is 17.8. The SMILES string of the molecule is O=C(Nc1ccc(-c2ccccc2)nn1)N1CCCC[C@H]1c1ncc[nH]1. The summed E-state index contributed by atoms with van der Waals surface area (Å²) in [5, 5.41) is 11.2. The van der Waals surface area contributed by atoms with Gasteiger partial charge in [0, 0.05) is 24.5 Å². The summed E-state index contributed by atoms with van der Waals surface area (Å²) in [6.45, 7) is 0.701. The molecule has 2 amide bonds. The second kappa shape index (κ2) is 7.35. The molecule has 3 aromatic rings. The number of H-pyrrole nitrogens is 1. The Kier molecular flexibility index (Phi) is 4.59. The van der Waals surface area contributed by atoms with Gasteiger partial charge in [-0.2, -0.15) is 0 Å². The van der Waals surface area contributed by atoms with Gasteiger partial charge in [0.25, 0.3) is 0 Å². The standard InChI is InChI=1S/C19H20N6O/c26-19(25-13-5-4-8-16(25)18-20-11-12-21-18)22-17-10-9-15(23-24-17)14-6-2-1-3-7-14/h1-3,6-7,9-12,16H,4-5,8,13H2,(H,20,21)(H,22,24,26)/t16-/m0/s1. The van der Waals surface area contributed by atoms with Gasteiger partial charge >= 0.3 is 6.03 Å². The van der Waals surface area contributed by atoms with Gasteiger partial charge < -0.3 is 9.88 Å². The summed E-state index contributed by atoms with van der Waals surface area (Å²) < 4.78 is 0. The van der Waals surface area contributed by atoms with Crippen LogP contribution in [0.5, 0.6) is 0 Å². The molecule has 0 bridgehead atoms. The molecule has 0 radical (unpaired) electrons. The minimum absolute atomic E-state index is 0.0321. The lowest BCUT2D eigenvalue weighted by Gasteiger charge is -2.34. The summed E-state index contributed by atoms with van der Waals surface area (Å²) in [5.41, 5.74) is 1.77. The Bertz CT molecular complexity index is 848. The van der Waals surface area contributed by atoms with E-state index in [1.54, 1.807) is 18.5 Å². The lowest BCUT2D eigenvalue weighted by molar-refractivity contribution is 0.159. The molecule has 1 fully saturated rings. The van der Waals surface area contributed by atoms with E-state index < -0.39 is 0 Å². The number of piperidine rings is 1. The first-order valence-electron chi connectivity index (χ1n) is 8.77. The molecule has 2 N–H and O–H groups in total. The van der Waals surface area contributed by atoms with Crippen molar-refractivity contribution in [1.82, 2.24) is 25.1 Å². The van der Waals surface area contributed by atoms with E-state index >= 15 is 0 Å². The summed E-state index contributed by atoms with van der Waals surface area (Å²) in [4.78, 5) is 22.0. The van der Waals surface area contributed by atoms with Gasteiger partial charge in [0.05, 0.1) is 11.7 Å². The normalized spacial score (nSPS) is 17.1. The second-order valence-corrected chi connectivity index (χ2v) is 6.28. The highest BCUT2D eigenvalue weighted by Crippen LogP contribution is 2.29. The number of aromatic amines is 1. The molecule has 7 heteroatoms. The van der Waals surface area contributed by atoms with Crippen molar-refractivity contribution in [3.05, 3.63) is 60.7 Å². The predicted molar refractivity (Wildman–Crippen MR) is 98.4 cm³/mol. The number of rotatable bonds is 3. The molecule has 1 atom stereocenters. The van der Waals surface area contributed by atoms with E-state index in [9.17, 15) is 4.79 Å². The maximum absolute atomic E-state index is 12.7. The zero-order valence-corrected chi connectivity index (χ0v) is 14.3. The van der Waals surface area contributed by atoms with Crippen molar-refractivity contribution in [2.75, 3.05) is 11.9 Å². The summed E-state index contributed by atoms with van der Waals surface area (Å²) >= 11 is 0. The van der Waals surface area contributed by atoms with Crippen molar-refractivity contribution in [2.45, 2.75) is 25.3 Å². The fourth-order valence-corrected chi connectivity index (χ4v) is 3.26. The van der Waals surface area contributed by atoms with Crippen molar-refractivity contribution < 1.29 is 4.79 Å². The number of hydrogen-bond donors (Lipinski definition) is 2. The van der Waals surface area contributed by atoms with Crippen LogP contribution < -0.4 is 5.32 Å². The van der Waals surface area contributed by atoms with Crippen molar-refractivity contribution >= 4 is 11.8 Å². The van der Waals surface area contributed by atoms with Crippen LogP contribution in [0.1, 0.15) is 31.1 Å². The summed E-state index contributed by atoms with van der Waals surface area (Å²) in [6, 6.07) is 13.3. The topological polar surface area (TPSA) is 86.8 Å². The Morgan fingerprint density at radius 2 is 2.00 bits per heavy atom. The Balaban J connectivity index is 1.47. The van der Waals surface area contributed by atoms with E-state index in [-0.39, 0.29) is 12.1 Å². The van der Waals surface area contributed by atoms with Crippen LogP contribution in [-0.4, -0.2) is 37.6 Å². The van der Waals surface area contributed by atoms with Crippen LogP contribution in [0, 0.1) is 0 Å². The molecule has 7 nitrogen and oxygen atoms in total. The number of urea groups is 1. The van der Waals surface area contributed by atoms with Crippen LogP contribution in [0.25, 0.3) is 11.3 Å². The van der Waals surface area contributed by atoms with Crippen LogP contribution in [0.15, 0.2) is 54.9 Å². The third-order valence-electron chi connectivity index (χ3n) is 4.57. The monoisotopic (exact) mass is 348 g/mol. The Morgan fingerprint density at radius 1 is 1.12 bits per heavy atom. The molecule has 1 aliphatic rings. The molecule has 2 aromatic heterocycles. The number of carbonyl (C=O) groups excluding carboxylic acids is 1. The van der Waals surface area contributed by atoms with E-state index in [1.807, 2.05) is 41.3 Å². The van der Waals surface area contributed by atoms with Gasteiger partial charge in [0.15, 0.2) is 5.82 Å². The van der Waals surface area contributed by atoms with E-state index in [0.717, 1.165) is 36.3 Å². The minimum Gasteiger partial charge on any atom is -0.347 e. The first kappa shape index (κ1) is 16.3. The second-order valence-electron chi connectivity index (χ2n) is 6.28. The fourth-order valence-electron chi connectivity index (χ4n) is 3.26. The fraction of sp³-hybridized carbons (Fsp3) is 0.263. The summed E-state index contributed by atoms with van der Waals surface area (Å²) in [6.07, 6.45) is 6.48. The average molecular weight is 348 g/mol. The van der Waals surface area contributed by atoms with Crippen LogP contribution in [0.2, 0.25) is 0 Å². The molecule has 1 aliphatic heterocycles. The average Bonchev–Trinajstić information content (AvgIpc) is 3.24. The lowest BCUT2D eigenvalue weighted by atomic mass is 10.0. The van der Waals surface area contributed by atoms with E-state index in [1.165, 1.54) is 0 Å². The van der Waals surface area contributed by atoms with Gasteiger partial charge in [-0.3, -0.25) is 5.32 Å². The van der Waals surface area contributed by atoms with Gasteiger partial charge in [-0.1, -0.05) is 30.3 Å². The lowest BCUT2D eigenvalue weighted by Crippen LogP contribution is -2.41. The quantitative estimate of drug-likeness (QED) is 0.757. The Labute approximate surface area is 151 Å². The Morgan fingerprint density at radius 3 is 2.73 bits per heavy atom. The molecular weight excluding hydrogens is 328 g/mol. The molecule has 0 saturated carbocycles. The number of imidazole rings is 1. The number of hydrogen-bond acceptors (Lipinski definition) is 4. The van der Waals surface area contributed by atoms with E-state index in [2.05, 4.69) is 25.5 Å². The molecule has 132 valence electrons. The van der Waals surface area contributed by atoms with Crippen LogP contribution in [-0.2, 0) is 0 Å². The number of amides is 2. The van der Waals surface area contributed by atoms with Gasteiger partial charge in [-0.05, 0) is 31.4 Å². The van der Waals surface area contributed by atoms with Gasteiger partial charge in [0.1, 0.15) is 5.82 Å². The molecule has 3 heterocycles. The molecule has 0 spiro atoms. The minimum atomic E-state index is -0.173. The third-order valence-corrected chi connectivity index (χ3v) is 4.57. The Hall–Kier alpha value is -3.22. The number of aromatic nitrogens is 4. The van der Waals surface area contributed by atoms with Crippen LogP contribution in [0.3, 0.4) is 0 Å². The van der Waals surface area contributed by atoms with Gasteiger partial charge in [0.2, 0.25) is 0 Å². The van der Waals surface area contributed by atoms with Crippen molar-refractivity contribution in [2.24, 2.45) is 0 Å². The number of benzene rings is 1. The maximum atomic E-state index is 12.7. The first-order valence-corrected chi connectivity index (χ1v) is 8.77. The molecule has 0 unspecified atom stereocenters. The molecule has 4 rings (SSSR count). The predicted octanol–water partition coefficient (Wildman–Crippen LogP) is 3.63. The van der Waals surface area contributed by atoms with Crippen molar-refractivity contribution in [1.29, 1.82) is 0 Å². The molecule has 1 saturated heterocycles. The smallest absolute Gasteiger partial charge is 0.323 e. The highest BCUT2D eigenvalue weighted by atomic mass is 16.2. The number of nitrogens with zero attached hydrogens (tertiary/aromatic N) is 4. The van der Waals surface area contributed by atoms with Crippen molar-refractivity contribution in [3.8, 4) is 11.3 Å². The highest BCUT2D eigenvalue weighted by Gasteiger charge is 2.29.